The molecule has 2 N–H and O–H groups in total. The minimum Gasteiger partial charge on any atom is -0.478 e. The number of hydrogen-bond donors (Lipinski definition) is 2. The number of piperidine rings is 1. The lowest BCUT2D eigenvalue weighted by Gasteiger charge is -2.31. The zero-order valence-corrected chi connectivity index (χ0v) is 13.4. The number of carbonyl (C=O) groups is 2. The van der Waals surface area contributed by atoms with Crippen LogP contribution in [0.2, 0.25) is 5.02 Å². The molecule has 0 saturated carbocycles. The number of halogens is 1. The maximum Gasteiger partial charge on any atom is 0.337 e. The first-order chi connectivity index (χ1) is 10.5. The highest BCUT2D eigenvalue weighted by Gasteiger charge is 2.22. The number of nitrogens with zero attached hydrogens (tertiary/aromatic N) is 1. The molecule has 0 spiro atoms. The molecule has 0 aliphatic carbocycles. The molecule has 1 aromatic rings. The number of carboxylic acids is 1. The summed E-state index contributed by atoms with van der Waals surface area (Å²) in [5, 5.41) is 12.1. The Balaban J connectivity index is 1.93. The molecule has 22 heavy (non-hydrogen) atoms. The Morgan fingerprint density at radius 3 is 2.64 bits per heavy atom. The van der Waals surface area contributed by atoms with Crippen molar-refractivity contribution in [2.24, 2.45) is 5.92 Å². The summed E-state index contributed by atoms with van der Waals surface area (Å²) in [4.78, 5) is 24.8. The van der Waals surface area contributed by atoms with Gasteiger partial charge in [-0.2, -0.15) is 0 Å². The van der Waals surface area contributed by atoms with Crippen molar-refractivity contribution >= 4 is 23.5 Å². The Labute approximate surface area is 135 Å². The molecule has 1 aliphatic rings. The van der Waals surface area contributed by atoms with Gasteiger partial charge in [0.05, 0.1) is 10.6 Å². The van der Waals surface area contributed by atoms with Crippen molar-refractivity contribution in [3.8, 4) is 0 Å². The third-order valence-electron chi connectivity index (χ3n) is 4.16. The van der Waals surface area contributed by atoms with Crippen LogP contribution in [0.5, 0.6) is 0 Å². The van der Waals surface area contributed by atoms with E-state index in [0.717, 1.165) is 31.5 Å². The number of aromatic carboxylic acids is 1. The molecule has 2 rings (SSSR count). The Hall–Kier alpha value is -1.59. The van der Waals surface area contributed by atoms with Gasteiger partial charge in [-0.05, 0) is 43.5 Å². The van der Waals surface area contributed by atoms with Gasteiger partial charge in [-0.15, -0.1) is 0 Å². The molecule has 6 heteroatoms. The lowest BCUT2D eigenvalue weighted by atomic mass is 9.93. The number of amides is 1. The zero-order chi connectivity index (χ0) is 16.1. The smallest absolute Gasteiger partial charge is 0.337 e. The SMILES string of the molecule is CNC(=O)CC1CCN(Cc2cccc(C(=O)O)c2Cl)CC1. The number of likely N-dealkylation sites (tertiary alicyclic amines) is 1. The van der Waals surface area contributed by atoms with E-state index in [-0.39, 0.29) is 11.5 Å². The number of hydrogen-bond acceptors (Lipinski definition) is 3. The number of nitrogens with one attached hydrogen (secondary N) is 1. The van der Waals surface area contributed by atoms with Gasteiger partial charge < -0.3 is 10.4 Å². The van der Waals surface area contributed by atoms with E-state index in [1.807, 2.05) is 6.07 Å². The van der Waals surface area contributed by atoms with Crippen LogP contribution in [0, 0.1) is 5.92 Å². The highest BCUT2D eigenvalue weighted by molar-refractivity contribution is 6.34. The van der Waals surface area contributed by atoms with Crippen LogP contribution < -0.4 is 5.32 Å². The van der Waals surface area contributed by atoms with Crippen molar-refractivity contribution in [3.05, 3.63) is 34.3 Å². The van der Waals surface area contributed by atoms with E-state index in [9.17, 15) is 9.59 Å². The minimum absolute atomic E-state index is 0.0932. The van der Waals surface area contributed by atoms with Gasteiger partial charge in [0.25, 0.3) is 0 Å². The molecule has 120 valence electrons. The molecule has 0 aromatic heterocycles. The van der Waals surface area contributed by atoms with Crippen LogP contribution >= 0.6 is 11.6 Å². The fourth-order valence-electron chi connectivity index (χ4n) is 2.82. The van der Waals surface area contributed by atoms with Crippen LogP contribution in [-0.4, -0.2) is 42.0 Å². The van der Waals surface area contributed by atoms with Crippen molar-refractivity contribution in [3.63, 3.8) is 0 Å². The van der Waals surface area contributed by atoms with Crippen LogP contribution in [0.1, 0.15) is 35.2 Å². The van der Waals surface area contributed by atoms with Crippen LogP contribution in [0.3, 0.4) is 0 Å². The summed E-state index contributed by atoms with van der Waals surface area (Å²) in [7, 11) is 1.66. The summed E-state index contributed by atoms with van der Waals surface area (Å²) in [6, 6.07) is 5.11. The van der Waals surface area contributed by atoms with Crippen molar-refractivity contribution in [2.75, 3.05) is 20.1 Å². The van der Waals surface area contributed by atoms with E-state index in [1.165, 1.54) is 6.07 Å². The first-order valence-electron chi connectivity index (χ1n) is 7.45. The van der Waals surface area contributed by atoms with Gasteiger partial charge in [-0.1, -0.05) is 23.7 Å². The molecule has 5 nitrogen and oxygen atoms in total. The van der Waals surface area contributed by atoms with Crippen molar-refractivity contribution in [2.45, 2.75) is 25.8 Å². The molecular formula is C16H21ClN2O3. The topological polar surface area (TPSA) is 69.6 Å². The summed E-state index contributed by atoms with van der Waals surface area (Å²) in [5.74, 6) is -0.483. The van der Waals surface area contributed by atoms with Crippen molar-refractivity contribution in [1.82, 2.24) is 10.2 Å². The lowest BCUT2D eigenvalue weighted by Crippen LogP contribution is -2.35. The Morgan fingerprint density at radius 1 is 1.36 bits per heavy atom. The van der Waals surface area contributed by atoms with E-state index in [1.54, 1.807) is 13.1 Å². The Kier molecular flexibility index (Phi) is 5.80. The second kappa shape index (κ2) is 7.61. The third kappa shape index (κ3) is 4.21. The van der Waals surface area contributed by atoms with Gasteiger partial charge in [0.1, 0.15) is 0 Å². The standard InChI is InChI=1S/C16H21ClN2O3/c1-18-14(20)9-11-5-7-19(8-6-11)10-12-3-2-4-13(15(12)17)16(21)22/h2-4,11H,5-10H2,1H3,(H,18,20)(H,21,22). The molecule has 1 aromatic carbocycles. The van der Waals surface area contributed by atoms with Gasteiger partial charge in [0.2, 0.25) is 5.91 Å². The molecule has 1 amide bonds. The van der Waals surface area contributed by atoms with Gasteiger partial charge in [0.15, 0.2) is 0 Å². The van der Waals surface area contributed by atoms with Gasteiger partial charge >= 0.3 is 5.97 Å². The third-order valence-corrected chi connectivity index (χ3v) is 4.61. The first kappa shape index (κ1) is 16.8. The average molecular weight is 325 g/mol. The summed E-state index contributed by atoms with van der Waals surface area (Å²) in [6.07, 6.45) is 2.53. The number of carbonyl (C=O) groups excluding carboxylic acids is 1. The van der Waals surface area contributed by atoms with Crippen molar-refractivity contribution < 1.29 is 14.7 Å². The molecule has 1 fully saturated rings. The molecule has 0 radical (unpaired) electrons. The fourth-order valence-corrected chi connectivity index (χ4v) is 3.09. The maximum absolute atomic E-state index is 11.4. The molecule has 0 atom stereocenters. The predicted molar refractivity (Wildman–Crippen MR) is 85.1 cm³/mol. The summed E-state index contributed by atoms with van der Waals surface area (Å²) < 4.78 is 0. The van der Waals surface area contributed by atoms with E-state index >= 15 is 0 Å². The number of benzene rings is 1. The van der Waals surface area contributed by atoms with E-state index in [4.69, 9.17) is 16.7 Å². The van der Waals surface area contributed by atoms with E-state index < -0.39 is 5.97 Å². The quantitative estimate of drug-likeness (QED) is 0.872. The van der Waals surface area contributed by atoms with E-state index in [0.29, 0.717) is 23.9 Å². The maximum atomic E-state index is 11.4. The zero-order valence-electron chi connectivity index (χ0n) is 12.6. The molecule has 1 aliphatic heterocycles. The molecule has 1 heterocycles. The molecule has 0 bridgehead atoms. The molecule has 1 saturated heterocycles. The van der Waals surface area contributed by atoms with Crippen LogP contribution in [0.4, 0.5) is 0 Å². The summed E-state index contributed by atoms with van der Waals surface area (Å²) in [6.45, 7) is 2.44. The average Bonchev–Trinajstić information content (AvgIpc) is 2.50. The van der Waals surface area contributed by atoms with Gasteiger partial charge in [-0.3, -0.25) is 9.69 Å². The lowest BCUT2D eigenvalue weighted by molar-refractivity contribution is -0.121. The highest BCUT2D eigenvalue weighted by Crippen LogP contribution is 2.26. The minimum atomic E-state index is -1.00. The van der Waals surface area contributed by atoms with Crippen LogP contribution in [0.25, 0.3) is 0 Å². The summed E-state index contributed by atoms with van der Waals surface area (Å²) >= 11 is 6.18. The second-order valence-corrected chi connectivity index (χ2v) is 6.06. The molecular weight excluding hydrogens is 304 g/mol. The largest absolute Gasteiger partial charge is 0.478 e. The Morgan fingerprint density at radius 2 is 2.05 bits per heavy atom. The van der Waals surface area contributed by atoms with Gasteiger partial charge in [0, 0.05) is 20.0 Å². The molecule has 0 unspecified atom stereocenters. The highest BCUT2D eigenvalue weighted by atomic mass is 35.5. The number of carboxylic acid groups (broad SMARTS) is 1. The van der Waals surface area contributed by atoms with Crippen molar-refractivity contribution in [1.29, 1.82) is 0 Å². The van der Waals surface area contributed by atoms with Crippen LogP contribution in [0.15, 0.2) is 18.2 Å². The Bertz CT molecular complexity index is 554. The summed E-state index contributed by atoms with van der Waals surface area (Å²) in [5.41, 5.74) is 0.986. The monoisotopic (exact) mass is 324 g/mol. The fraction of sp³-hybridized carbons (Fsp3) is 0.500. The van der Waals surface area contributed by atoms with Crippen LogP contribution in [-0.2, 0) is 11.3 Å². The van der Waals surface area contributed by atoms with E-state index in [2.05, 4.69) is 10.2 Å². The normalized spacial score (nSPS) is 16.5. The van der Waals surface area contributed by atoms with Gasteiger partial charge in [-0.25, -0.2) is 4.79 Å². The second-order valence-electron chi connectivity index (χ2n) is 5.68. The first-order valence-corrected chi connectivity index (χ1v) is 7.82. The number of rotatable bonds is 5. The predicted octanol–water partition coefficient (Wildman–Crippen LogP) is 2.39.